The highest BCUT2D eigenvalue weighted by Crippen LogP contribution is 2.24. The number of nitrogens with zero attached hydrogens (tertiary/aromatic N) is 2. The third kappa shape index (κ3) is 4.35. The van der Waals surface area contributed by atoms with Crippen LogP contribution in [-0.2, 0) is 0 Å². The molecular weight excluding hydrogens is 259 g/mol. The summed E-state index contributed by atoms with van der Waals surface area (Å²) < 4.78 is 36.6. The van der Waals surface area contributed by atoms with Gasteiger partial charge in [0.05, 0.1) is 6.42 Å². The molecule has 0 aliphatic heterocycles. The summed E-state index contributed by atoms with van der Waals surface area (Å²) in [4.78, 5) is 1.43. The van der Waals surface area contributed by atoms with Crippen molar-refractivity contribution < 1.29 is 18.4 Å². The standard InChI is InChI=1S/C12H16F3N3O/c1-8-3-4-10(9(7-8)11(16)17-19)18(2)6-5-12(13,14)15/h3-4,7,19H,5-6H2,1-2H3,(H2,16,17). The number of aryl methyl sites for hydroxylation is 1. The van der Waals surface area contributed by atoms with Crippen molar-refractivity contribution in [2.45, 2.75) is 19.5 Å². The summed E-state index contributed by atoms with van der Waals surface area (Å²) >= 11 is 0. The molecule has 0 unspecified atom stereocenters. The Morgan fingerprint density at radius 2 is 2.05 bits per heavy atom. The molecule has 0 fully saturated rings. The minimum Gasteiger partial charge on any atom is -0.409 e. The van der Waals surface area contributed by atoms with Gasteiger partial charge in [-0.25, -0.2) is 0 Å². The van der Waals surface area contributed by atoms with E-state index >= 15 is 0 Å². The third-order valence-corrected chi connectivity index (χ3v) is 2.68. The lowest BCUT2D eigenvalue weighted by Crippen LogP contribution is -2.27. The predicted molar refractivity (Wildman–Crippen MR) is 67.6 cm³/mol. The Labute approximate surface area is 109 Å². The molecule has 0 spiro atoms. The van der Waals surface area contributed by atoms with Gasteiger partial charge in [0.15, 0.2) is 5.84 Å². The molecule has 0 radical (unpaired) electrons. The number of hydrogen-bond acceptors (Lipinski definition) is 3. The summed E-state index contributed by atoms with van der Waals surface area (Å²) in [5, 5.41) is 11.6. The molecule has 3 N–H and O–H groups in total. The van der Waals surface area contributed by atoms with E-state index in [1.165, 1.54) is 11.9 Å². The quantitative estimate of drug-likeness (QED) is 0.384. The van der Waals surface area contributed by atoms with E-state index in [9.17, 15) is 13.2 Å². The Morgan fingerprint density at radius 1 is 1.42 bits per heavy atom. The summed E-state index contributed by atoms with van der Waals surface area (Å²) in [5.41, 5.74) is 7.31. The van der Waals surface area contributed by atoms with Crippen LogP contribution in [-0.4, -0.2) is 30.8 Å². The zero-order valence-corrected chi connectivity index (χ0v) is 10.7. The highest BCUT2D eigenvalue weighted by Gasteiger charge is 2.27. The Balaban J connectivity index is 2.99. The highest BCUT2D eigenvalue weighted by molar-refractivity contribution is 6.02. The first-order chi connectivity index (χ1) is 8.74. The predicted octanol–water partition coefficient (Wildman–Crippen LogP) is 2.48. The van der Waals surface area contributed by atoms with E-state index in [2.05, 4.69) is 5.16 Å². The van der Waals surface area contributed by atoms with Gasteiger partial charge in [-0.15, -0.1) is 0 Å². The molecule has 0 amide bonds. The normalized spacial score (nSPS) is 12.6. The second-order valence-electron chi connectivity index (χ2n) is 4.29. The number of amidine groups is 1. The Kier molecular flexibility index (Phi) is 4.63. The number of alkyl halides is 3. The molecule has 0 aliphatic rings. The first kappa shape index (κ1) is 15.1. The summed E-state index contributed by atoms with van der Waals surface area (Å²) in [6, 6.07) is 5.07. The molecule has 7 heteroatoms. The lowest BCUT2D eigenvalue weighted by molar-refractivity contribution is -0.132. The molecule has 0 bridgehead atoms. The molecule has 1 aromatic rings. The van der Waals surface area contributed by atoms with Gasteiger partial charge in [0, 0.05) is 24.8 Å². The zero-order chi connectivity index (χ0) is 14.6. The van der Waals surface area contributed by atoms with Crippen molar-refractivity contribution in [3.8, 4) is 0 Å². The van der Waals surface area contributed by atoms with Crippen molar-refractivity contribution in [1.82, 2.24) is 0 Å². The highest BCUT2D eigenvalue weighted by atomic mass is 19.4. The number of oxime groups is 1. The van der Waals surface area contributed by atoms with Gasteiger partial charge in [-0.2, -0.15) is 13.2 Å². The fourth-order valence-corrected chi connectivity index (χ4v) is 1.66. The van der Waals surface area contributed by atoms with Crippen molar-refractivity contribution >= 4 is 11.5 Å². The van der Waals surface area contributed by atoms with E-state index in [-0.39, 0.29) is 12.4 Å². The SMILES string of the molecule is Cc1ccc(N(C)CCC(F)(F)F)c(/C(N)=N/O)c1. The molecule has 1 rings (SSSR count). The van der Waals surface area contributed by atoms with E-state index in [0.717, 1.165) is 5.56 Å². The van der Waals surface area contributed by atoms with E-state index in [1.54, 1.807) is 18.2 Å². The Hall–Kier alpha value is -1.92. The summed E-state index contributed by atoms with van der Waals surface area (Å²) in [6.07, 6.45) is -5.14. The Morgan fingerprint density at radius 3 is 2.58 bits per heavy atom. The zero-order valence-electron chi connectivity index (χ0n) is 10.7. The van der Waals surface area contributed by atoms with Crippen molar-refractivity contribution in [2.75, 3.05) is 18.5 Å². The lowest BCUT2D eigenvalue weighted by Gasteiger charge is -2.23. The van der Waals surface area contributed by atoms with Crippen LogP contribution >= 0.6 is 0 Å². The van der Waals surface area contributed by atoms with Gasteiger partial charge >= 0.3 is 6.18 Å². The van der Waals surface area contributed by atoms with Gasteiger partial charge in [0.1, 0.15) is 0 Å². The molecule has 0 saturated heterocycles. The number of halogens is 3. The Bertz CT molecular complexity index is 472. The monoisotopic (exact) mass is 275 g/mol. The number of hydrogen-bond donors (Lipinski definition) is 2. The minimum absolute atomic E-state index is 0.127. The smallest absolute Gasteiger partial charge is 0.390 e. The largest absolute Gasteiger partial charge is 0.409 e. The molecule has 0 heterocycles. The van der Waals surface area contributed by atoms with Crippen LogP contribution in [0.2, 0.25) is 0 Å². The second-order valence-corrected chi connectivity index (χ2v) is 4.29. The summed E-state index contributed by atoms with van der Waals surface area (Å²) in [7, 11) is 1.53. The molecule has 4 nitrogen and oxygen atoms in total. The molecule has 19 heavy (non-hydrogen) atoms. The van der Waals surface area contributed by atoms with E-state index in [0.29, 0.717) is 11.3 Å². The molecule has 106 valence electrons. The van der Waals surface area contributed by atoms with E-state index < -0.39 is 12.6 Å². The number of anilines is 1. The van der Waals surface area contributed by atoms with Crippen LogP contribution in [0.4, 0.5) is 18.9 Å². The van der Waals surface area contributed by atoms with Crippen molar-refractivity contribution in [2.24, 2.45) is 10.9 Å². The molecule has 0 aromatic heterocycles. The van der Waals surface area contributed by atoms with Gasteiger partial charge in [0.2, 0.25) is 0 Å². The average Bonchev–Trinajstić information content (AvgIpc) is 2.34. The van der Waals surface area contributed by atoms with E-state index in [4.69, 9.17) is 10.9 Å². The molecule has 0 saturated carbocycles. The van der Waals surface area contributed by atoms with Crippen LogP contribution in [0.15, 0.2) is 23.4 Å². The number of nitrogens with two attached hydrogens (primary N) is 1. The van der Waals surface area contributed by atoms with Crippen LogP contribution in [0.5, 0.6) is 0 Å². The first-order valence-corrected chi connectivity index (χ1v) is 5.61. The van der Waals surface area contributed by atoms with Crippen LogP contribution < -0.4 is 10.6 Å². The maximum Gasteiger partial charge on any atom is 0.390 e. The van der Waals surface area contributed by atoms with Crippen LogP contribution in [0.1, 0.15) is 17.5 Å². The number of rotatable bonds is 4. The van der Waals surface area contributed by atoms with Crippen molar-refractivity contribution in [1.29, 1.82) is 0 Å². The van der Waals surface area contributed by atoms with Crippen LogP contribution in [0.3, 0.4) is 0 Å². The van der Waals surface area contributed by atoms with E-state index in [1.807, 2.05) is 6.92 Å². The maximum absolute atomic E-state index is 12.2. The summed E-state index contributed by atoms with van der Waals surface area (Å²) in [5.74, 6) is -0.127. The van der Waals surface area contributed by atoms with Gasteiger partial charge < -0.3 is 15.8 Å². The van der Waals surface area contributed by atoms with Gasteiger partial charge in [0.25, 0.3) is 0 Å². The van der Waals surface area contributed by atoms with Gasteiger partial charge in [-0.05, 0) is 19.1 Å². The molecule has 1 aromatic carbocycles. The van der Waals surface area contributed by atoms with Crippen LogP contribution in [0, 0.1) is 6.92 Å². The topological polar surface area (TPSA) is 61.8 Å². The molecule has 0 atom stereocenters. The van der Waals surface area contributed by atoms with Crippen molar-refractivity contribution in [3.05, 3.63) is 29.3 Å². The number of benzene rings is 1. The fourth-order valence-electron chi connectivity index (χ4n) is 1.66. The second kappa shape index (κ2) is 5.81. The maximum atomic E-state index is 12.2. The molecule has 0 aliphatic carbocycles. The molecular formula is C12H16F3N3O. The average molecular weight is 275 g/mol. The lowest BCUT2D eigenvalue weighted by atomic mass is 10.1. The first-order valence-electron chi connectivity index (χ1n) is 5.61. The van der Waals surface area contributed by atoms with Gasteiger partial charge in [-0.1, -0.05) is 16.8 Å². The van der Waals surface area contributed by atoms with Crippen molar-refractivity contribution in [3.63, 3.8) is 0 Å². The van der Waals surface area contributed by atoms with Crippen LogP contribution in [0.25, 0.3) is 0 Å². The minimum atomic E-state index is -4.21. The fraction of sp³-hybridized carbons (Fsp3) is 0.417. The van der Waals surface area contributed by atoms with Gasteiger partial charge in [-0.3, -0.25) is 0 Å². The summed E-state index contributed by atoms with van der Waals surface area (Å²) in [6.45, 7) is 1.62. The third-order valence-electron chi connectivity index (χ3n) is 2.68.